The van der Waals surface area contributed by atoms with Crippen molar-refractivity contribution in [1.82, 2.24) is 9.21 Å². The van der Waals surface area contributed by atoms with Crippen molar-refractivity contribution in [2.75, 3.05) is 44.2 Å². The molecule has 0 unspecified atom stereocenters. The molecular formula is C27H31N3O3S2. The molecule has 0 aliphatic carbocycles. The SMILES string of the molecule is Cc1ccc(N2CCN(C(=O)[C@@H]3CN(S(=O)(=O)c4cccs4)C[C@H]3c3ccccc3)CC2)c(C)c1. The molecule has 3 heterocycles. The molecule has 1 amide bonds. The Hall–Kier alpha value is -2.68. The fraction of sp³-hybridized carbons (Fsp3) is 0.370. The Morgan fingerprint density at radius 2 is 1.66 bits per heavy atom. The molecule has 35 heavy (non-hydrogen) atoms. The van der Waals surface area contributed by atoms with Gasteiger partial charge in [0.25, 0.3) is 10.0 Å². The molecule has 0 radical (unpaired) electrons. The van der Waals surface area contributed by atoms with Gasteiger partial charge < -0.3 is 9.80 Å². The maximum Gasteiger partial charge on any atom is 0.252 e. The Labute approximate surface area is 211 Å². The summed E-state index contributed by atoms with van der Waals surface area (Å²) in [6, 6.07) is 19.7. The number of carbonyl (C=O) groups excluding carboxylic acids is 1. The van der Waals surface area contributed by atoms with Crippen molar-refractivity contribution in [2.45, 2.75) is 24.0 Å². The summed E-state index contributed by atoms with van der Waals surface area (Å²) in [7, 11) is -3.61. The average Bonchev–Trinajstić information content (AvgIpc) is 3.56. The fourth-order valence-electron chi connectivity index (χ4n) is 5.35. The standard InChI is InChI=1S/C27H31N3O3S2/c1-20-10-11-25(21(2)17-20)28-12-14-29(15-13-28)27(31)24-19-30(35(32,33)26-9-6-16-34-26)18-23(24)22-7-4-3-5-8-22/h3-11,16-17,23-24H,12-15,18-19H2,1-2H3/t23-,24+/m0/s1. The van der Waals surface area contributed by atoms with Crippen LogP contribution in [0.1, 0.15) is 22.6 Å². The minimum atomic E-state index is -3.61. The van der Waals surface area contributed by atoms with Gasteiger partial charge in [-0.2, -0.15) is 4.31 Å². The van der Waals surface area contributed by atoms with Crippen molar-refractivity contribution in [2.24, 2.45) is 5.92 Å². The Morgan fingerprint density at radius 1 is 0.914 bits per heavy atom. The van der Waals surface area contributed by atoms with E-state index in [0.717, 1.165) is 18.7 Å². The summed E-state index contributed by atoms with van der Waals surface area (Å²) in [5.41, 5.74) is 4.73. The van der Waals surface area contributed by atoms with Crippen molar-refractivity contribution in [3.63, 3.8) is 0 Å². The van der Waals surface area contributed by atoms with Gasteiger partial charge in [0.1, 0.15) is 4.21 Å². The van der Waals surface area contributed by atoms with Gasteiger partial charge in [0.05, 0.1) is 5.92 Å². The predicted molar refractivity (Wildman–Crippen MR) is 140 cm³/mol. The lowest BCUT2D eigenvalue weighted by atomic mass is 9.88. The number of carbonyl (C=O) groups is 1. The van der Waals surface area contributed by atoms with Crippen LogP contribution in [0.15, 0.2) is 70.3 Å². The molecule has 2 aliphatic rings. The number of rotatable bonds is 5. The van der Waals surface area contributed by atoms with Gasteiger partial charge in [-0.15, -0.1) is 11.3 Å². The fourth-order valence-corrected chi connectivity index (χ4v) is 7.99. The number of anilines is 1. The van der Waals surface area contributed by atoms with E-state index in [0.29, 0.717) is 23.8 Å². The minimum Gasteiger partial charge on any atom is -0.368 e. The Kier molecular flexibility index (Phi) is 6.70. The Balaban J connectivity index is 1.34. The van der Waals surface area contributed by atoms with E-state index in [1.165, 1.54) is 32.5 Å². The molecule has 1 aromatic heterocycles. The van der Waals surface area contributed by atoms with Crippen LogP contribution in [0.4, 0.5) is 5.69 Å². The molecule has 184 valence electrons. The molecule has 2 aliphatic heterocycles. The number of thiophene rings is 1. The molecule has 3 aromatic rings. The number of piperazine rings is 1. The van der Waals surface area contributed by atoms with E-state index in [1.807, 2.05) is 35.2 Å². The molecule has 2 atom stereocenters. The van der Waals surface area contributed by atoms with Crippen molar-refractivity contribution in [1.29, 1.82) is 0 Å². The summed E-state index contributed by atoms with van der Waals surface area (Å²) in [6.07, 6.45) is 0. The van der Waals surface area contributed by atoms with Gasteiger partial charge in [-0.3, -0.25) is 4.79 Å². The normalized spacial score (nSPS) is 21.4. The summed E-state index contributed by atoms with van der Waals surface area (Å²) >= 11 is 1.22. The lowest BCUT2D eigenvalue weighted by Gasteiger charge is -2.38. The molecule has 2 fully saturated rings. The smallest absolute Gasteiger partial charge is 0.252 e. The van der Waals surface area contributed by atoms with Crippen molar-refractivity contribution in [3.05, 3.63) is 82.7 Å². The first-order valence-corrected chi connectivity index (χ1v) is 14.4. The van der Waals surface area contributed by atoms with Gasteiger partial charge >= 0.3 is 0 Å². The molecule has 0 spiro atoms. The van der Waals surface area contributed by atoms with Gasteiger partial charge in [-0.1, -0.05) is 54.1 Å². The number of benzene rings is 2. The lowest BCUT2D eigenvalue weighted by molar-refractivity contribution is -0.135. The van der Waals surface area contributed by atoms with Crippen molar-refractivity contribution >= 4 is 33.0 Å². The van der Waals surface area contributed by atoms with Crippen LogP contribution in [0.5, 0.6) is 0 Å². The van der Waals surface area contributed by atoms with Crippen LogP contribution in [0, 0.1) is 19.8 Å². The van der Waals surface area contributed by atoms with Crippen LogP contribution in [0.3, 0.4) is 0 Å². The number of hydrogen-bond acceptors (Lipinski definition) is 5. The Bertz CT molecular complexity index is 1280. The first kappa shape index (κ1) is 24.0. The van der Waals surface area contributed by atoms with Crippen molar-refractivity contribution < 1.29 is 13.2 Å². The highest BCUT2D eigenvalue weighted by molar-refractivity contribution is 7.91. The van der Waals surface area contributed by atoms with Crippen LogP contribution in [0.2, 0.25) is 0 Å². The number of amides is 1. The molecule has 6 nitrogen and oxygen atoms in total. The maximum absolute atomic E-state index is 13.8. The summed E-state index contributed by atoms with van der Waals surface area (Å²) < 4.78 is 28.4. The van der Waals surface area contributed by atoms with Gasteiger partial charge in [0.15, 0.2) is 0 Å². The molecule has 8 heteroatoms. The first-order chi connectivity index (χ1) is 16.8. The first-order valence-electron chi connectivity index (χ1n) is 12.0. The third kappa shape index (κ3) is 4.75. The van der Waals surface area contributed by atoms with Gasteiger partial charge in [0.2, 0.25) is 5.91 Å². The molecule has 0 saturated carbocycles. The summed E-state index contributed by atoms with van der Waals surface area (Å²) in [4.78, 5) is 18.1. The minimum absolute atomic E-state index is 0.0583. The number of sulfonamides is 1. The van der Waals surface area contributed by atoms with Crippen molar-refractivity contribution in [3.8, 4) is 0 Å². The molecule has 2 saturated heterocycles. The van der Waals surface area contributed by atoms with E-state index in [-0.39, 0.29) is 24.3 Å². The van der Waals surface area contributed by atoms with Crippen LogP contribution in [-0.2, 0) is 14.8 Å². The zero-order valence-corrected chi connectivity index (χ0v) is 21.8. The second-order valence-electron chi connectivity index (χ2n) is 9.48. The second-order valence-corrected chi connectivity index (χ2v) is 12.6. The maximum atomic E-state index is 13.8. The number of nitrogens with zero attached hydrogens (tertiary/aromatic N) is 3. The third-order valence-corrected chi connectivity index (χ3v) is 10.4. The van der Waals surface area contributed by atoms with Crippen LogP contribution >= 0.6 is 11.3 Å². The van der Waals surface area contributed by atoms with E-state index in [2.05, 4.69) is 36.9 Å². The second kappa shape index (κ2) is 9.76. The largest absolute Gasteiger partial charge is 0.368 e. The molecule has 2 aromatic carbocycles. The zero-order valence-electron chi connectivity index (χ0n) is 20.1. The van der Waals surface area contributed by atoms with Gasteiger partial charge in [-0.05, 0) is 42.5 Å². The van der Waals surface area contributed by atoms with Crippen LogP contribution in [-0.4, -0.2) is 62.8 Å². The quantitative estimate of drug-likeness (QED) is 0.519. The summed E-state index contributed by atoms with van der Waals surface area (Å²) in [5, 5.41) is 1.77. The lowest BCUT2D eigenvalue weighted by Crippen LogP contribution is -2.51. The number of hydrogen-bond donors (Lipinski definition) is 0. The predicted octanol–water partition coefficient (Wildman–Crippen LogP) is 4.12. The molecule has 0 bridgehead atoms. The topological polar surface area (TPSA) is 60.9 Å². The molecular weight excluding hydrogens is 478 g/mol. The van der Waals surface area contributed by atoms with E-state index in [4.69, 9.17) is 0 Å². The number of aryl methyl sites for hydroxylation is 2. The highest BCUT2D eigenvalue weighted by Crippen LogP contribution is 2.38. The van der Waals surface area contributed by atoms with Gasteiger partial charge in [0, 0.05) is 50.9 Å². The van der Waals surface area contributed by atoms with Gasteiger partial charge in [-0.25, -0.2) is 8.42 Å². The molecule has 5 rings (SSSR count). The molecule has 0 N–H and O–H groups in total. The van der Waals surface area contributed by atoms with E-state index < -0.39 is 10.0 Å². The average molecular weight is 510 g/mol. The van der Waals surface area contributed by atoms with E-state index in [9.17, 15) is 13.2 Å². The van der Waals surface area contributed by atoms with Crippen LogP contribution < -0.4 is 4.90 Å². The zero-order chi connectivity index (χ0) is 24.6. The summed E-state index contributed by atoms with van der Waals surface area (Å²) in [5.74, 6) is -0.487. The Morgan fingerprint density at radius 3 is 2.31 bits per heavy atom. The highest BCUT2D eigenvalue weighted by atomic mass is 32.2. The monoisotopic (exact) mass is 509 g/mol. The van der Waals surface area contributed by atoms with E-state index in [1.54, 1.807) is 17.5 Å². The van der Waals surface area contributed by atoms with Crippen LogP contribution in [0.25, 0.3) is 0 Å². The third-order valence-electron chi connectivity index (χ3n) is 7.20. The summed E-state index contributed by atoms with van der Waals surface area (Å²) in [6.45, 7) is 7.60. The highest BCUT2D eigenvalue weighted by Gasteiger charge is 2.45. The van der Waals surface area contributed by atoms with E-state index >= 15 is 0 Å².